The average Bonchev–Trinajstić information content (AvgIpc) is 3.21. The second kappa shape index (κ2) is 11.3. The minimum atomic E-state index is -1.21. The molecule has 1 atom stereocenters. The van der Waals surface area contributed by atoms with Gasteiger partial charge >= 0.3 is 0 Å². The second-order valence-corrected chi connectivity index (χ2v) is 8.70. The third kappa shape index (κ3) is 6.27. The van der Waals surface area contributed by atoms with E-state index in [-0.39, 0.29) is 11.4 Å². The van der Waals surface area contributed by atoms with Crippen LogP contribution >= 0.6 is 0 Å². The maximum Gasteiger partial charge on any atom is 0.261 e. The Morgan fingerprint density at radius 1 is 1.27 bits per heavy atom. The smallest absolute Gasteiger partial charge is 0.261 e. The fourth-order valence-corrected chi connectivity index (χ4v) is 3.98. The predicted octanol–water partition coefficient (Wildman–Crippen LogP) is 2.88. The zero-order valence-corrected chi connectivity index (χ0v) is 18.3. The lowest BCUT2D eigenvalue weighted by atomic mass is 10.1. The average molecular weight is 429 g/mol. The first-order chi connectivity index (χ1) is 14.4. The lowest BCUT2D eigenvalue weighted by molar-refractivity contribution is 0.603. The molecule has 30 heavy (non-hydrogen) atoms. The van der Waals surface area contributed by atoms with E-state index in [0.717, 1.165) is 12.8 Å². The molecule has 4 N–H and O–H groups in total. The van der Waals surface area contributed by atoms with Gasteiger partial charge in [-0.3, -0.25) is 4.79 Å². The molecule has 1 aliphatic rings. The van der Waals surface area contributed by atoms with E-state index < -0.39 is 11.0 Å². The Balaban J connectivity index is 0.00000101. The van der Waals surface area contributed by atoms with Crippen LogP contribution in [0.4, 0.5) is 11.4 Å². The van der Waals surface area contributed by atoms with Crippen molar-refractivity contribution in [2.45, 2.75) is 43.5 Å². The third-order valence-corrected chi connectivity index (χ3v) is 5.89. The molecule has 0 spiro atoms. The van der Waals surface area contributed by atoms with E-state index in [4.69, 9.17) is 11.0 Å². The van der Waals surface area contributed by atoms with Crippen LogP contribution in [0, 0.1) is 11.3 Å². The third-order valence-electron chi connectivity index (χ3n) is 4.55. The number of amidine groups is 1. The molecular formula is C21H28N6O2S. The van der Waals surface area contributed by atoms with E-state index in [9.17, 15) is 9.00 Å². The number of nitrogens with two attached hydrogens (primary N) is 1. The van der Waals surface area contributed by atoms with Gasteiger partial charge in [0.2, 0.25) is 0 Å². The van der Waals surface area contributed by atoms with E-state index >= 15 is 0 Å². The number of anilines is 1. The number of nitrogens with one attached hydrogen (secondary N) is 2. The summed E-state index contributed by atoms with van der Waals surface area (Å²) in [4.78, 5) is 20.1. The molecule has 0 radical (unpaired) electrons. The predicted molar refractivity (Wildman–Crippen MR) is 121 cm³/mol. The zero-order chi connectivity index (χ0) is 22.1. The highest BCUT2D eigenvalue weighted by Crippen LogP contribution is 2.24. The minimum absolute atomic E-state index is 0.152. The van der Waals surface area contributed by atoms with Crippen molar-refractivity contribution in [3.05, 3.63) is 52.4 Å². The molecule has 9 heteroatoms. The Bertz CT molecular complexity index is 986. The molecule has 1 aromatic carbocycles. The summed E-state index contributed by atoms with van der Waals surface area (Å²) >= 11 is 0. The van der Waals surface area contributed by atoms with Crippen molar-refractivity contribution in [1.29, 1.82) is 5.26 Å². The molecule has 160 valence electrons. The van der Waals surface area contributed by atoms with E-state index in [2.05, 4.69) is 15.3 Å². The van der Waals surface area contributed by atoms with Crippen LogP contribution < -0.4 is 16.6 Å². The van der Waals surface area contributed by atoms with Crippen LogP contribution in [0.25, 0.3) is 0 Å². The standard InChI is InChI=1S/C19H25N5O2S.C2H3N/c1-24(2)27(26)15-9-7-14(8-10-15)23-18(20)17-16(11-12-21-19(17)25)22-13-5-3-4-6-13;1-2-3/h7-13H,3-6H2,1-2H3,(H2,20,23)(H2,21,22,25);1H3. The highest BCUT2D eigenvalue weighted by molar-refractivity contribution is 7.82. The molecule has 1 saturated carbocycles. The van der Waals surface area contributed by atoms with Crippen LogP contribution in [-0.4, -0.2) is 39.5 Å². The van der Waals surface area contributed by atoms with Crippen LogP contribution in [-0.2, 0) is 11.0 Å². The summed E-state index contributed by atoms with van der Waals surface area (Å²) in [5, 5.41) is 10.7. The summed E-state index contributed by atoms with van der Waals surface area (Å²) < 4.78 is 13.7. The number of hydrogen-bond donors (Lipinski definition) is 3. The number of aliphatic imine (C=N–C) groups is 1. The Labute approximate surface area is 179 Å². The van der Waals surface area contributed by atoms with Gasteiger partial charge in [0, 0.05) is 19.2 Å². The van der Waals surface area contributed by atoms with Crippen LogP contribution in [0.2, 0.25) is 0 Å². The summed E-state index contributed by atoms with van der Waals surface area (Å²) in [5.41, 5.74) is 7.55. The monoisotopic (exact) mass is 428 g/mol. The van der Waals surface area contributed by atoms with Gasteiger partial charge in [0.25, 0.3) is 5.56 Å². The molecule has 1 unspecified atom stereocenters. The van der Waals surface area contributed by atoms with E-state index in [1.54, 1.807) is 54.9 Å². The largest absolute Gasteiger partial charge is 0.383 e. The van der Waals surface area contributed by atoms with E-state index in [0.29, 0.717) is 27.9 Å². The van der Waals surface area contributed by atoms with Gasteiger partial charge in [0.15, 0.2) is 0 Å². The van der Waals surface area contributed by atoms with Gasteiger partial charge in [0.1, 0.15) is 22.4 Å². The number of rotatable bonds is 6. The van der Waals surface area contributed by atoms with Crippen LogP contribution in [0.3, 0.4) is 0 Å². The highest BCUT2D eigenvalue weighted by Gasteiger charge is 2.18. The van der Waals surface area contributed by atoms with Gasteiger partial charge in [-0.1, -0.05) is 12.8 Å². The maximum atomic E-state index is 12.4. The second-order valence-electron chi connectivity index (χ2n) is 7.00. The molecule has 8 nitrogen and oxygen atoms in total. The van der Waals surface area contributed by atoms with Gasteiger partial charge < -0.3 is 16.0 Å². The van der Waals surface area contributed by atoms with Crippen LogP contribution in [0.5, 0.6) is 0 Å². The van der Waals surface area contributed by atoms with Crippen molar-refractivity contribution in [2.24, 2.45) is 10.7 Å². The SMILES string of the molecule is CC#N.CN(C)S(=O)c1ccc(N=C(N)c2c(NC3CCCC3)cc[nH]c2=O)cc1. The molecule has 0 saturated heterocycles. The number of nitrogens with zero attached hydrogens (tertiary/aromatic N) is 3. The lowest BCUT2D eigenvalue weighted by Gasteiger charge is -2.16. The van der Waals surface area contributed by atoms with Crippen LogP contribution in [0.1, 0.15) is 38.2 Å². The first-order valence-corrected chi connectivity index (χ1v) is 10.8. The fraction of sp³-hybridized carbons (Fsp3) is 0.381. The number of aromatic amines is 1. The Morgan fingerprint density at radius 2 is 1.87 bits per heavy atom. The van der Waals surface area contributed by atoms with Gasteiger partial charge in [0.05, 0.1) is 22.3 Å². The molecule has 0 amide bonds. The molecule has 0 aliphatic heterocycles. The first-order valence-electron chi connectivity index (χ1n) is 9.70. The molecule has 1 heterocycles. The van der Waals surface area contributed by atoms with Crippen molar-refractivity contribution < 1.29 is 4.21 Å². The lowest BCUT2D eigenvalue weighted by Crippen LogP contribution is -2.28. The summed E-state index contributed by atoms with van der Waals surface area (Å²) in [5.74, 6) is 0.152. The minimum Gasteiger partial charge on any atom is -0.383 e. The van der Waals surface area contributed by atoms with Gasteiger partial charge in [-0.2, -0.15) is 5.26 Å². The molecule has 1 aromatic heterocycles. The fourth-order valence-electron chi connectivity index (χ4n) is 3.19. The van der Waals surface area contributed by atoms with Crippen molar-refractivity contribution in [3.63, 3.8) is 0 Å². The van der Waals surface area contributed by atoms with Crippen molar-refractivity contribution in [1.82, 2.24) is 9.29 Å². The van der Waals surface area contributed by atoms with Crippen molar-refractivity contribution in [2.75, 3.05) is 19.4 Å². The molecule has 0 bridgehead atoms. The molecule has 1 aliphatic carbocycles. The first kappa shape index (κ1) is 23.3. The number of hydrogen-bond acceptors (Lipinski definition) is 5. The number of nitriles is 1. The number of H-pyrrole nitrogens is 1. The van der Waals surface area contributed by atoms with Crippen molar-refractivity contribution >= 4 is 28.2 Å². The maximum absolute atomic E-state index is 12.4. The number of benzene rings is 1. The Hall–Kier alpha value is -2.96. The van der Waals surface area contributed by atoms with Gasteiger partial charge in [-0.05, 0) is 57.3 Å². The molecule has 2 aromatic rings. The Kier molecular flexibility index (Phi) is 8.77. The van der Waals surface area contributed by atoms with Gasteiger partial charge in [-0.25, -0.2) is 13.5 Å². The molecule has 1 fully saturated rings. The topological polar surface area (TPSA) is 127 Å². The summed E-state index contributed by atoms with van der Waals surface area (Å²) in [7, 11) is 2.29. The number of pyridine rings is 1. The quantitative estimate of drug-likeness (QED) is 0.481. The summed E-state index contributed by atoms with van der Waals surface area (Å²) in [6.07, 6.45) is 6.18. The number of aromatic nitrogens is 1. The zero-order valence-electron chi connectivity index (χ0n) is 17.5. The normalized spacial score (nSPS) is 15.2. The molecule has 3 rings (SSSR count). The van der Waals surface area contributed by atoms with Crippen molar-refractivity contribution in [3.8, 4) is 6.07 Å². The van der Waals surface area contributed by atoms with E-state index in [1.807, 2.05) is 6.07 Å². The van der Waals surface area contributed by atoms with Gasteiger partial charge in [-0.15, -0.1) is 0 Å². The van der Waals surface area contributed by atoms with Crippen LogP contribution in [0.15, 0.2) is 51.2 Å². The summed E-state index contributed by atoms with van der Waals surface area (Å²) in [6, 6.07) is 10.9. The Morgan fingerprint density at radius 3 is 2.43 bits per heavy atom. The molecular weight excluding hydrogens is 400 g/mol. The van der Waals surface area contributed by atoms with E-state index in [1.165, 1.54) is 19.8 Å². The highest BCUT2D eigenvalue weighted by atomic mass is 32.2. The summed E-state index contributed by atoms with van der Waals surface area (Å²) in [6.45, 7) is 1.43.